The Bertz CT molecular complexity index is 1690. The summed E-state index contributed by atoms with van der Waals surface area (Å²) in [5.74, 6) is -1.87. The summed E-state index contributed by atoms with van der Waals surface area (Å²) >= 11 is 0. The van der Waals surface area contributed by atoms with Gasteiger partial charge in [0.25, 0.3) is 11.6 Å². The molecular weight excluding hydrogens is 500 g/mol. The van der Waals surface area contributed by atoms with Crippen molar-refractivity contribution >= 4 is 40.3 Å². The number of hydrogen-bond donors (Lipinski definition) is 3. The van der Waals surface area contributed by atoms with Gasteiger partial charge in [0.1, 0.15) is 5.75 Å². The number of nitrogens with one attached hydrogen (secondary N) is 1. The number of phenols is 1. The van der Waals surface area contributed by atoms with Crippen molar-refractivity contribution in [3.63, 3.8) is 0 Å². The summed E-state index contributed by atoms with van der Waals surface area (Å²) in [4.78, 5) is 37.2. The number of benzene rings is 4. The SMILES string of the molecule is Cc1cc(C)cc(-c2cccc(N/N=C3\C(=O)N(c4cccc(C(=O)O)c4)c4ccc([N+](=O)[O-])cc43)c2O)c1. The van der Waals surface area contributed by atoms with Crippen LogP contribution in [-0.4, -0.2) is 32.7 Å². The fourth-order valence-corrected chi connectivity index (χ4v) is 4.61. The van der Waals surface area contributed by atoms with Crippen molar-refractivity contribution < 1.29 is 24.7 Å². The average Bonchev–Trinajstić information content (AvgIpc) is 3.17. The van der Waals surface area contributed by atoms with Crippen LogP contribution in [0.4, 0.5) is 22.7 Å². The topological polar surface area (TPSA) is 145 Å². The molecule has 0 saturated heterocycles. The maximum Gasteiger partial charge on any atom is 0.335 e. The lowest BCUT2D eigenvalue weighted by atomic mass is 9.99. The minimum atomic E-state index is -1.16. The molecule has 0 unspecified atom stereocenters. The Balaban J connectivity index is 1.58. The van der Waals surface area contributed by atoms with E-state index < -0.39 is 16.8 Å². The Labute approximate surface area is 222 Å². The van der Waals surface area contributed by atoms with E-state index in [0.717, 1.165) is 16.7 Å². The van der Waals surface area contributed by atoms with Crippen LogP contribution in [0.1, 0.15) is 27.0 Å². The number of amides is 1. The minimum absolute atomic E-state index is 0.0274. The summed E-state index contributed by atoms with van der Waals surface area (Å²) in [6.45, 7) is 3.92. The van der Waals surface area contributed by atoms with Gasteiger partial charge >= 0.3 is 5.97 Å². The van der Waals surface area contributed by atoms with Crippen LogP contribution in [0.25, 0.3) is 11.1 Å². The van der Waals surface area contributed by atoms with Crippen LogP contribution >= 0.6 is 0 Å². The minimum Gasteiger partial charge on any atom is -0.505 e. The van der Waals surface area contributed by atoms with Crippen molar-refractivity contribution in [2.75, 3.05) is 10.3 Å². The van der Waals surface area contributed by atoms with Crippen molar-refractivity contribution in [3.05, 3.63) is 111 Å². The van der Waals surface area contributed by atoms with E-state index in [1.54, 1.807) is 24.3 Å². The Morgan fingerprint density at radius 3 is 2.36 bits per heavy atom. The van der Waals surface area contributed by atoms with Gasteiger partial charge in [0.15, 0.2) is 5.71 Å². The molecule has 0 spiro atoms. The van der Waals surface area contributed by atoms with Crippen molar-refractivity contribution in [1.82, 2.24) is 0 Å². The molecule has 0 aliphatic carbocycles. The second-order valence-corrected chi connectivity index (χ2v) is 9.10. The number of hydrazone groups is 1. The molecule has 1 aliphatic heterocycles. The van der Waals surface area contributed by atoms with Gasteiger partial charge in [-0.05, 0) is 49.7 Å². The molecular formula is C29H22N4O6. The number of aryl methyl sites for hydroxylation is 2. The first-order valence-electron chi connectivity index (χ1n) is 11.8. The molecule has 0 aromatic heterocycles. The molecule has 1 amide bonds. The molecule has 0 saturated carbocycles. The van der Waals surface area contributed by atoms with Gasteiger partial charge < -0.3 is 10.2 Å². The lowest BCUT2D eigenvalue weighted by Crippen LogP contribution is -2.26. The van der Waals surface area contributed by atoms with Crippen LogP contribution in [-0.2, 0) is 4.79 Å². The summed E-state index contributed by atoms with van der Waals surface area (Å²) in [5, 5.41) is 36.1. The highest BCUT2D eigenvalue weighted by atomic mass is 16.6. The molecule has 4 aromatic rings. The number of nitro benzene ring substituents is 1. The number of nitrogens with zero attached hydrogens (tertiary/aromatic N) is 3. The number of fused-ring (bicyclic) bond motifs is 1. The van der Waals surface area contributed by atoms with Crippen molar-refractivity contribution in [1.29, 1.82) is 0 Å². The van der Waals surface area contributed by atoms with E-state index in [0.29, 0.717) is 11.3 Å². The maximum absolute atomic E-state index is 13.6. The van der Waals surface area contributed by atoms with Crippen LogP contribution < -0.4 is 10.3 Å². The number of nitro groups is 1. The molecule has 10 nitrogen and oxygen atoms in total. The first-order chi connectivity index (χ1) is 18.6. The van der Waals surface area contributed by atoms with Crippen LogP contribution in [0.15, 0.2) is 84.0 Å². The van der Waals surface area contributed by atoms with Gasteiger partial charge in [0, 0.05) is 23.3 Å². The summed E-state index contributed by atoms with van der Waals surface area (Å²) in [6.07, 6.45) is 0. The fraction of sp³-hybridized carbons (Fsp3) is 0.0690. The van der Waals surface area contributed by atoms with Gasteiger partial charge in [-0.15, -0.1) is 0 Å². The number of anilines is 3. The molecule has 0 atom stereocenters. The molecule has 5 rings (SSSR count). The third-order valence-corrected chi connectivity index (χ3v) is 6.30. The van der Waals surface area contributed by atoms with E-state index in [1.165, 1.54) is 41.3 Å². The quantitative estimate of drug-likeness (QED) is 0.165. The maximum atomic E-state index is 13.6. The third-order valence-electron chi connectivity index (χ3n) is 6.30. The van der Waals surface area contributed by atoms with E-state index in [4.69, 9.17) is 0 Å². The molecule has 194 valence electrons. The molecule has 0 bridgehead atoms. The van der Waals surface area contributed by atoms with E-state index in [2.05, 4.69) is 10.5 Å². The summed E-state index contributed by atoms with van der Waals surface area (Å²) in [7, 11) is 0. The van der Waals surface area contributed by atoms with Gasteiger partial charge in [-0.3, -0.25) is 25.2 Å². The van der Waals surface area contributed by atoms with Crippen LogP contribution in [0.3, 0.4) is 0 Å². The first-order valence-corrected chi connectivity index (χ1v) is 11.8. The van der Waals surface area contributed by atoms with Gasteiger partial charge in [-0.1, -0.05) is 47.5 Å². The highest BCUT2D eigenvalue weighted by molar-refractivity contribution is 6.55. The van der Waals surface area contributed by atoms with E-state index >= 15 is 0 Å². The van der Waals surface area contributed by atoms with Gasteiger partial charge in [0.2, 0.25) is 0 Å². The molecule has 4 aromatic carbocycles. The Morgan fingerprint density at radius 1 is 0.949 bits per heavy atom. The molecule has 10 heteroatoms. The highest BCUT2D eigenvalue weighted by Gasteiger charge is 2.37. The molecule has 39 heavy (non-hydrogen) atoms. The first kappa shape index (κ1) is 25.2. The normalized spacial score (nSPS) is 13.4. The lowest BCUT2D eigenvalue weighted by molar-refractivity contribution is -0.384. The smallest absolute Gasteiger partial charge is 0.335 e. The largest absolute Gasteiger partial charge is 0.505 e. The Hall–Kier alpha value is -5.51. The predicted molar refractivity (Wildman–Crippen MR) is 147 cm³/mol. The Morgan fingerprint density at radius 2 is 1.67 bits per heavy atom. The van der Waals surface area contributed by atoms with E-state index in [9.17, 15) is 29.9 Å². The number of carbonyl (C=O) groups excluding carboxylic acids is 1. The molecule has 0 radical (unpaired) electrons. The highest BCUT2D eigenvalue weighted by Crippen LogP contribution is 2.39. The zero-order chi connectivity index (χ0) is 27.8. The molecule has 1 aliphatic rings. The lowest BCUT2D eigenvalue weighted by Gasteiger charge is -2.17. The van der Waals surface area contributed by atoms with Gasteiger partial charge in [-0.25, -0.2) is 4.79 Å². The number of para-hydroxylation sites is 1. The number of non-ortho nitro benzene ring substituents is 1. The third kappa shape index (κ3) is 4.66. The number of carboxylic acid groups (broad SMARTS) is 1. The van der Waals surface area contributed by atoms with E-state index in [-0.39, 0.29) is 39.7 Å². The molecule has 3 N–H and O–H groups in total. The average molecular weight is 523 g/mol. The monoisotopic (exact) mass is 522 g/mol. The van der Waals surface area contributed by atoms with Crippen LogP contribution in [0.2, 0.25) is 0 Å². The zero-order valence-electron chi connectivity index (χ0n) is 20.9. The summed E-state index contributed by atoms with van der Waals surface area (Å²) in [5.41, 5.74) is 6.76. The number of aromatic carboxylic acids is 1. The van der Waals surface area contributed by atoms with Crippen molar-refractivity contribution in [2.24, 2.45) is 5.10 Å². The number of phenolic OH excluding ortho intramolecular Hbond substituents is 1. The number of aromatic hydroxyl groups is 1. The second-order valence-electron chi connectivity index (χ2n) is 9.10. The number of rotatable bonds is 6. The second kappa shape index (κ2) is 9.75. The number of hydrogen-bond acceptors (Lipinski definition) is 7. The summed E-state index contributed by atoms with van der Waals surface area (Å²) < 4.78 is 0. The summed E-state index contributed by atoms with van der Waals surface area (Å²) in [6, 6.07) is 20.7. The Kier molecular flexibility index (Phi) is 6.29. The van der Waals surface area contributed by atoms with Gasteiger partial charge in [0.05, 0.1) is 27.5 Å². The standard InChI is InChI=1S/C29H22N4O6/c1-16-11-17(2)13-19(12-16)22-7-4-8-24(27(22)34)30-31-26-23-15-21(33(38)39)9-10-25(23)32(28(26)35)20-6-3-5-18(14-20)29(36)37/h3-15,30,34H,1-2H3,(H,36,37)/b31-26-. The van der Waals surface area contributed by atoms with Gasteiger partial charge in [-0.2, -0.15) is 5.10 Å². The predicted octanol–water partition coefficient (Wildman–Crippen LogP) is 5.78. The molecule has 1 heterocycles. The number of carbonyl (C=O) groups is 2. The number of carboxylic acids is 1. The molecule has 0 fully saturated rings. The zero-order valence-corrected chi connectivity index (χ0v) is 20.9. The van der Waals surface area contributed by atoms with Crippen molar-refractivity contribution in [2.45, 2.75) is 13.8 Å². The fourth-order valence-electron chi connectivity index (χ4n) is 4.61. The van der Waals surface area contributed by atoms with Crippen LogP contribution in [0, 0.1) is 24.0 Å². The van der Waals surface area contributed by atoms with Crippen LogP contribution in [0.5, 0.6) is 5.75 Å². The van der Waals surface area contributed by atoms with E-state index in [1.807, 2.05) is 32.0 Å². The van der Waals surface area contributed by atoms with Crippen molar-refractivity contribution in [3.8, 4) is 16.9 Å².